The molecule has 0 aliphatic carbocycles. The molecule has 0 saturated carbocycles. The van der Waals surface area contributed by atoms with Gasteiger partial charge in [0.2, 0.25) is 0 Å². The first kappa shape index (κ1) is 10.4. The molecular formula is C10H11BrN2O2. The highest BCUT2D eigenvalue weighted by molar-refractivity contribution is 9.09. The van der Waals surface area contributed by atoms with Crippen molar-refractivity contribution in [3.63, 3.8) is 0 Å². The molecule has 80 valence electrons. The van der Waals surface area contributed by atoms with Crippen LogP contribution >= 0.6 is 15.9 Å². The Morgan fingerprint density at radius 3 is 3.07 bits per heavy atom. The van der Waals surface area contributed by atoms with Crippen molar-refractivity contribution in [3.8, 4) is 0 Å². The van der Waals surface area contributed by atoms with Gasteiger partial charge in [-0.2, -0.15) is 0 Å². The quantitative estimate of drug-likeness (QED) is 0.787. The van der Waals surface area contributed by atoms with Crippen molar-refractivity contribution in [1.29, 1.82) is 0 Å². The Kier molecular flexibility index (Phi) is 3.20. The summed E-state index contributed by atoms with van der Waals surface area (Å²) in [5, 5.41) is 0.678. The van der Waals surface area contributed by atoms with Crippen LogP contribution in [0.15, 0.2) is 24.4 Å². The number of ether oxygens (including phenoxy) is 1. The molecule has 1 aromatic rings. The summed E-state index contributed by atoms with van der Waals surface area (Å²) >= 11 is 3.30. The van der Waals surface area contributed by atoms with E-state index in [1.807, 2.05) is 18.2 Å². The number of carbonyl (C=O) groups is 1. The van der Waals surface area contributed by atoms with Crippen molar-refractivity contribution in [1.82, 2.24) is 9.88 Å². The minimum atomic E-state index is -0.259. The van der Waals surface area contributed by atoms with Gasteiger partial charge in [0, 0.05) is 11.5 Å². The molecule has 5 heteroatoms. The van der Waals surface area contributed by atoms with E-state index in [4.69, 9.17) is 4.74 Å². The molecule has 15 heavy (non-hydrogen) atoms. The summed E-state index contributed by atoms with van der Waals surface area (Å²) in [5.41, 5.74) is 0.879. The molecule has 0 radical (unpaired) electrons. The smallest absolute Gasteiger partial charge is 0.410 e. The van der Waals surface area contributed by atoms with Crippen LogP contribution in [-0.4, -0.2) is 34.0 Å². The minimum Gasteiger partial charge on any atom is -0.443 e. The molecule has 1 amide bonds. The summed E-state index contributed by atoms with van der Waals surface area (Å²) < 4.78 is 5.11. The minimum absolute atomic E-state index is 0.0405. The molecule has 1 aliphatic rings. The summed E-state index contributed by atoms with van der Waals surface area (Å²) in [5.74, 6) is 0. The Hall–Kier alpha value is -1.10. The Bertz CT molecular complexity index is 345. The molecule has 2 rings (SSSR count). The van der Waals surface area contributed by atoms with E-state index in [0.717, 1.165) is 5.69 Å². The van der Waals surface area contributed by atoms with E-state index in [9.17, 15) is 4.79 Å². The van der Waals surface area contributed by atoms with Gasteiger partial charge in [-0.25, -0.2) is 4.79 Å². The molecule has 0 N–H and O–H groups in total. The molecule has 1 fully saturated rings. The maximum absolute atomic E-state index is 11.4. The summed E-state index contributed by atoms with van der Waals surface area (Å²) in [6.07, 6.45) is 1.42. The van der Waals surface area contributed by atoms with Crippen molar-refractivity contribution < 1.29 is 9.53 Å². The number of alkyl halides is 1. The lowest BCUT2D eigenvalue weighted by Gasteiger charge is -2.11. The van der Waals surface area contributed by atoms with Crippen molar-refractivity contribution in [2.45, 2.75) is 12.6 Å². The standard InChI is InChI=1S/C10H11BrN2O2/c11-5-9-7-13(10(14)15-9)6-8-3-1-2-4-12-8/h1-4,9H,5-7H2. The van der Waals surface area contributed by atoms with Crippen molar-refractivity contribution in [3.05, 3.63) is 30.1 Å². The van der Waals surface area contributed by atoms with Gasteiger partial charge in [0.25, 0.3) is 0 Å². The number of hydrogen-bond donors (Lipinski definition) is 0. The molecular weight excluding hydrogens is 260 g/mol. The zero-order valence-electron chi connectivity index (χ0n) is 8.10. The van der Waals surface area contributed by atoms with Gasteiger partial charge in [-0.05, 0) is 12.1 Å². The van der Waals surface area contributed by atoms with Gasteiger partial charge in [-0.1, -0.05) is 22.0 Å². The summed E-state index contributed by atoms with van der Waals surface area (Å²) in [7, 11) is 0. The molecule has 4 nitrogen and oxygen atoms in total. The second kappa shape index (κ2) is 4.61. The molecule has 1 saturated heterocycles. The second-order valence-electron chi connectivity index (χ2n) is 3.36. The number of pyridine rings is 1. The van der Waals surface area contributed by atoms with E-state index >= 15 is 0 Å². The first-order chi connectivity index (χ1) is 7.29. The first-order valence-corrected chi connectivity index (χ1v) is 5.83. The predicted molar refractivity (Wildman–Crippen MR) is 58.7 cm³/mol. The van der Waals surface area contributed by atoms with Crippen LogP contribution in [0, 0.1) is 0 Å². The first-order valence-electron chi connectivity index (χ1n) is 4.71. The maximum Gasteiger partial charge on any atom is 0.410 e. The van der Waals surface area contributed by atoms with Gasteiger partial charge in [-0.3, -0.25) is 9.88 Å². The number of cyclic esters (lactones) is 1. The molecule has 0 bridgehead atoms. The number of halogens is 1. The van der Waals surface area contributed by atoms with E-state index in [2.05, 4.69) is 20.9 Å². The Balaban J connectivity index is 1.99. The lowest BCUT2D eigenvalue weighted by molar-refractivity contribution is 0.139. The van der Waals surface area contributed by atoms with E-state index in [1.54, 1.807) is 11.1 Å². The van der Waals surface area contributed by atoms with E-state index in [1.165, 1.54) is 0 Å². The average Bonchev–Trinajstić information content (AvgIpc) is 2.61. The number of nitrogens with zero attached hydrogens (tertiary/aromatic N) is 2. The molecule has 2 heterocycles. The molecule has 1 aromatic heterocycles. The van der Waals surface area contributed by atoms with Crippen molar-refractivity contribution in [2.24, 2.45) is 0 Å². The SMILES string of the molecule is O=C1OC(CBr)CN1Cc1ccccn1. The van der Waals surface area contributed by atoms with E-state index < -0.39 is 0 Å². The van der Waals surface area contributed by atoms with Crippen LogP contribution < -0.4 is 0 Å². The van der Waals surface area contributed by atoms with Gasteiger partial charge < -0.3 is 4.74 Å². The molecule has 0 spiro atoms. The number of amides is 1. The third-order valence-electron chi connectivity index (χ3n) is 2.20. The van der Waals surface area contributed by atoms with Crippen LogP contribution in [0.2, 0.25) is 0 Å². The van der Waals surface area contributed by atoms with Gasteiger partial charge in [-0.15, -0.1) is 0 Å². The lowest BCUT2D eigenvalue weighted by atomic mass is 10.3. The summed E-state index contributed by atoms with van der Waals surface area (Å²) in [6, 6.07) is 5.66. The molecule has 1 unspecified atom stereocenters. The largest absolute Gasteiger partial charge is 0.443 e. The Labute approximate surface area is 96.4 Å². The number of hydrogen-bond acceptors (Lipinski definition) is 3. The average molecular weight is 271 g/mol. The van der Waals surface area contributed by atoms with Crippen LogP contribution in [0.3, 0.4) is 0 Å². The summed E-state index contributed by atoms with van der Waals surface area (Å²) in [4.78, 5) is 17.2. The maximum atomic E-state index is 11.4. The van der Waals surface area contributed by atoms with E-state index in [0.29, 0.717) is 18.4 Å². The van der Waals surface area contributed by atoms with E-state index in [-0.39, 0.29) is 12.2 Å². The summed E-state index contributed by atoms with van der Waals surface area (Å²) in [6.45, 7) is 1.14. The number of carbonyl (C=O) groups excluding carboxylic acids is 1. The lowest BCUT2D eigenvalue weighted by Crippen LogP contribution is -2.25. The van der Waals surface area contributed by atoms with Gasteiger partial charge in [0.05, 0.1) is 18.8 Å². The molecule has 0 aromatic carbocycles. The highest BCUT2D eigenvalue weighted by Crippen LogP contribution is 2.15. The monoisotopic (exact) mass is 270 g/mol. The Morgan fingerprint density at radius 2 is 2.47 bits per heavy atom. The third-order valence-corrected chi connectivity index (χ3v) is 2.92. The van der Waals surface area contributed by atoms with Crippen LogP contribution in [0.5, 0.6) is 0 Å². The van der Waals surface area contributed by atoms with Crippen LogP contribution in [0.25, 0.3) is 0 Å². The van der Waals surface area contributed by atoms with Crippen LogP contribution in [-0.2, 0) is 11.3 Å². The van der Waals surface area contributed by atoms with Crippen molar-refractivity contribution in [2.75, 3.05) is 11.9 Å². The van der Waals surface area contributed by atoms with Gasteiger partial charge >= 0.3 is 6.09 Å². The number of aromatic nitrogens is 1. The Morgan fingerprint density at radius 1 is 1.60 bits per heavy atom. The zero-order valence-corrected chi connectivity index (χ0v) is 9.68. The van der Waals surface area contributed by atoms with Crippen LogP contribution in [0.1, 0.15) is 5.69 Å². The van der Waals surface area contributed by atoms with Crippen molar-refractivity contribution >= 4 is 22.0 Å². The highest BCUT2D eigenvalue weighted by atomic mass is 79.9. The normalized spacial score (nSPS) is 20.5. The topological polar surface area (TPSA) is 42.4 Å². The zero-order chi connectivity index (χ0) is 10.7. The van der Waals surface area contributed by atoms with Crippen LogP contribution in [0.4, 0.5) is 4.79 Å². The fraction of sp³-hybridized carbons (Fsp3) is 0.400. The number of rotatable bonds is 3. The third kappa shape index (κ3) is 2.47. The van der Waals surface area contributed by atoms with Gasteiger partial charge in [0.15, 0.2) is 0 Å². The fourth-order valence-electron chi connectivity index (χ4n) is 1.47. The fourth-order valence-corrected chi connectivity index (χ4v) is 1.81. The molecule has 1 aliphatic heterocycles. The second-order valence-corrected chi connectivity index (χ2v) is 4.01. The highest BCUT2D eigenvalue weighted by Gasteiger charge is 2.30. The predicted octanol–water partition coefficient (Wildman–Crippen LogP) is 1.80. The van der Waals surface area contributed by atoms with Gasteiger partial charge in [0.1, 0.15) is 6.10 Å². The molecule has 1 atom stereocenters.